The molecule has 32 heavy (non-hydrogen) atoms. The maximum absolute atomic E-state index is 13.9. The Hall–Kier alpha value is -3.27. The zero-order chi connectivity index (χ0) is 22.7. The van der Waals surface area contributed by atoms with Crippen LogP contribution in [0.25, 0.3) is 0 Å². The monoisotopic (exact) mass is 451 g/mol. The fourth-order valence-electron chi connectivity index (χ4n) is 4.64. The highest BCUT2D eigenvalue weighted by atomic mass is 32.2. The molecule has 1 N–H and O–H groups in total. The molecule has 0 unspecified atom stereocenters. The predicted octanol–water partition coefficient (Wildman–Crippen LogP) is 4.37. The van der Waals surface area contributed by atoms with Crippen LogP contribution in [0.15, 0.2) is 83.8 Å². The molecule has 1 saturated heterocycles. The SMILES string of the molecule is C[C@]12O[C@H](c3ccc([N+](=O)[O-])cc3)N(S(=O)(=O)c3ccccc3)[C@@]1(C)Nc1ccccc12. The predicted molar refractivity (Wildman–Crippen MR) is 118 cm³/mol. The number of hydrogen-bond acceptors (Lipinski definition) is 6. The van der Waals surface area contributed by atoms with Crippen LogP contribution in [0.3, 0.4) is 0 Å². The van der Waals surface area contributed by atoms with Crippen LogP contribution in [0, 0.1) is 10.1 Å². The van der Waals surface area contributed by atoms with Crippen molar-refractivity contribution in [1.82, 2.24) is 4.31 Å². The van der Waals surface area contributed by atoms with Crippen LogP contribution in [-0.4, -0.2) is 23.3 Å². The van der Waals surface area contributed by atoms with Gasteiger partial charge in [-0.1, -0.05) is 36.4 Å². The number of para-hydroxylation sites is 1. The van der Waals surface area contributed by atoms with Gasteiger partial charge in [0.25, 0.3) is 5.69 Å². The van der Waals surface area contributed by atoms with Crippen molar-refractivity contribution in [2.45, 2.75) is 36.2 Å². The molecule has 3 aromatic carbocycles. The van der Waals surface area contributed by atoms with E-state index in [2.05, 4.69) is 5.32 Å². The van der Waals surface area contributed by atoms with Crippen molar-refractivity contribution in [2.24, 2.45) is 0 Å². The zero-order valence-corrected chi connectivity index (χ0v) is 18.2. The molecule has 9 heteroatoms. The maximum atomic E-state index is 13.9. The molecule has 164 valence electrons. The van der Waals surface area contributed by atoms with Crippen molar-refractivity contribution in [3.8, 4) is 0 Å². The number of ether oxygens (including phenoxy) is 1. The van der Waals surface area contributed by atoms with E-state index in [1.807, 2.05) is 31.2 Å². The quantitative estimate of drug-likeness (QED) is 0.467. The number of nitro groups is 1. The number of non-ortho nitro benzene ring substituents is 1. The number of anilines is 1. The van der Waals surface area contributed by atoms with Gasteiger partial charge in [0, 0.05) is 23.4 Å². The third-order valence-corrected chi connectivity index (χ3v) is 8.38. The van der Waals surface area contributed by atoms with Crippen molar-refractivity contribution in [3.05, 3.63) is 100 Å². The summed E-state index contributed by atoms with van der Waals surface area (Å²) in [5.74, 6) is 0. The highest BCUT2D eigenvalue weighted by molar-refractivity contribution is 7.89. The third kappa shape index (κ3) is 2.72. The molecule has 8 nitrogen and oxygen atoms in total. The van der Waals surface area contributed by atoms with Gasteiger partial charge in [-0.15, -0.1) is 4.31 Å². The molecule has 0 amide bonds. The summed E-state index contributed by atoms with van der Waals surface area (Å²) in [6, 6.07) is 21.5. The zero-order valence-electron chi connectivity index (χ0n) is 17.4. The van der Waals surface area contributed by atoms with E-state index in [1.54, 1.807) is 37.3 Å². The summed E-state index contributed by atoms with van der Waals surface area (Å²) >= 11 is 0. The topological polar surface area (TPSA) is 102 Å². The van der Waals surface area contributed by atoms with Crippen molar-refractivity contribution in [1.29, 1.82) is 0 Å². The first-order valence-electron chi connectivity index (χ1n) is 10.1. The van der Waals surface area contributed by atoms with Crippen LogP contribution in [0.4, 0.5) is 11.4 Å². The molecule has 0 spiro atoms. The second-order valence-electron chi connectivity index (χ2n) is 8.21. The van der Waals surface area contributed by atoms with E-state index < -0.39 is 32.4 Å². The highest BCUT2D eigenvalue weighted by Gasteiger charge is 2.68. The van der Waals surface area contributed by atoms with Gasteiger partial charge in [0.05, 0.1) is 9.82 Å². The normalized spacial score (nSPS) is 26.9. The molecule has 0 saturated carbocycles. The lowest BCUT2D eigenvalue weighted by Crippen LogP contribution is -2.56. The van der Waals surface area contributed by atoms with Crippen LogP contribution in [-0.2, 0) is 20.4 Å². The molecule has 1 fully saturated rings. The van der Waals surface area contributed by atoms with Crippen LogP contribution < -0.4 is 5.32 Å². The lowest BCUT2D eigenvalue weighted by molar-refractivity contribution is -0.384. The fourth-order valence-corrected chi connectivity index (χ4v) is 6.48. The molecule has 0 aromatic heterocycles. The summed E-state index contributed by atoms with van der Waals surface area (Å²) in [5, 5.41) is 14.5. The molecule has 3 atom stereocenters. The van der Waals surface area contributed by atoms with Crippen LogP contribution in [0.2, 0.25) is 0 Å². The van der Waals surface area contributed by atoms with Gasteiger partial charge in [-0.05, 0) is 49.7 Å². The smallest absolute Gasteiger partial charge is 0.269 e. The number of sulfonamides is 1. The Labute approximate surface area is 185 Å². The van der Waals surface area contributed by atoms with Gasteiger partial charge in [0.15, 0.2) is 6.23 Å². The number of hydrogen-bond donors (Lipinski definition) is 1. The Bertz CT molecular complexity index is 1310. The second kappa shape index (κ2) is 6.86. The average molecular weight is 452 g/mol. The Balaban J connectivity index is 1.70. The molecule has 3 aromatic rings. The summed E-state index contributed by atoms with van der Waals surface area (Å²) in [5.41, 5.74) is -0.0694. The molecule has 0 bridgehead atoms. The largest absolute Gasteiger partial charge is 0.363 e. The van der Waals surface area contributed by atoms with Crippen molar-refractivity contribution in [3.63, 3.8) is 0 Å². The van der Waals surface area contributed by atoms with E-state index in [9.17, 15) is 18.5 Å². The summed E-state index contributed by atoms with van der Waals surface area (Å²) in [4.78, 5) is 10.7. The lowest BCUT2D eigenvalue weighted by Gasteiger charge is -2.38. The Kier molecular flexibility index (Phi) is 4.42. The molecule has 5 rings (SSSR count). The van der Waals surface area contributed by atoms with E-state index in [-0.39, 0.29) is 10.6 Å². The van der Waals surface area contributed by atoms with Gasteiger partial charge < -0.3 is 10.1 Å². The molecule has 2 aliphatic heterocycles. The van der Waals surface area contributed by atoms with Gasteiger partial charge in [-0.2, -0.15) is 0 Å². The summed E-state index contributed by atoms with van der Waals surface area (Å²) in [7, 11) is -4.02. The number of rotatable bonds is 4. The summed E-state index contributed by atoms with van der Waals surface area (Å²) < 4.78 is 35.7. The number of fused-ring (bicyclic) bond motifs is 3. The van der Waals surface area contributed by atoms with Crippen LogP contribution >= 0.6 is 0 Å². The molecular formula is C23H21N3O5S. The lowest BCUT2D eigenvalue weighted by atomic mass is 9.88. The Morgan fingerprint density at radius 2 is 1.59 bits per heavy atom. The number of nitrogens with zero attached hydrogens (tertiary/aromatic N) is 2. The third-order valence-electron chi connectivity index (χ3n) is 6.44. The highest BCUT2D eigenvalue weighted by Crippen LogP contribution is 2.60. The molecule has 0 radical (unpaired) electrons. The van der Waals surface area contributed by atoms with Gasteiger partial charge in [-0.3, -0.25) is 10.1 Å². The van der Waals surface area contributed by atoms with Crippen molar-refractivity contribution >= 4 is 21.4 Å². The summed E-state index contributed by atoms with van der Waals surface area (Å²) in [6.07, 6.45) is -0.989. The van der Waals surface area contributed by atoms with E-state index in [0.29, 0.717) is 5.56 Å². The van der Waals surface area contributed by atoms with E-state index in [1.165, 1.54) is 28.6 Å². The average Bonchev–Trinajstić information content (AvgIpc) is 3.15. The second-order valence-corrected chi connectivity index (χ2v) is 10.0. The fraction of sp³-hybridized carbons (Fsp3) is 0.217. The van der Waals surface area contributed by atoms with Crippen molar-refractivity contribution < 1.29 is 18.1 Å². The minimum atomic E-state index is -4.02. The summed E-state index contributed by atoms with van der Waals surface area (Å²) in [6.45, 7) is 3.67. The first-order valence-corrected chi connectivity index (χ1v) is 11.5. The van der Waals surface area contributed by atoms with Crippen LogP contribution in [0.1, 0.15) is 31.2 Å². The standard InChI is InChI=1S/C23H21N3O5S/c1-22-19-10-6-7-11-20(19)24-23(22,2)25(32(29,30)18-8-4-3-5-9-18)21(31-22)16-12-14-17(15-13-16)26(27)28/h3-15,21,24H,1-2H3/t21-,22-,23-/m1/s1. The van der Waals surface area contributed by atoms with Crippen LogP contribution in [0.5, 0.6) is 0 Å². The molecular weight excluding hydrogens is 430 g/mol. The maximum Gasteiger partial charge on any atom is 0.269 e. The number of nitrogens with one attached hydrogen (secondary N) is 1. The number of nitro benzene ring substituents is 1. The Morgan fingerprint density at radius 3 is 2.25 bits per heavy atom. The first kappa shape index (κ1) is 20.6. The molecule has 2 heterocycles. The first-order chi connectivity index (χ1) is 15.2. The molecule has 2 aliphatic rings. The number of benzene rings is 3. The van der Waals surface area contributed by atoms with Gasteiger partial charge in [0.1, 0.15) is 11.3 Å². The molecule has 0 aliphatic carbocycles. The van der Waals surface area contributed by atoms with Crippen molar-refractivity contribution in [2.75, 3.05) is 5.32 Å². The van der Waals surface area contributed by atoms with E-state index in [4.69, 9.17) is 4.74 Å². The van der Waals surface area contributed by atoms with E-state index >= 15 is 0 Å². The Morgan fingerprint density at radius 1 is 0.969 bits per heavy atom. The van der Waals surface area contributed by atoms with E-state index in [0.717, 1.165) is 11.3 Å². The van der Waals surface area contributed by atoms with Gasteiger partial charge in [0.2, 0.25) is 10.0 Å². The van der Waals surface area contributed by atoms with Gasteiger partial charge >= 0.3 is 0 Å². The van der Waals surface area contributed by atoms with Gasteiger partial charge in [-0.25, -0.2) is 8.42 Å². The minimum Gasteiger partial charge on any atom is -0.363 e. The minimum absolute atomic E-state index is 0.0784.